The van der Waals surface area contributed by atoms with Crippen molar-refractivity contribution in [2.75, 3.05) is 12.4 Å². The summed E-state index contributed by atoms with van der Waals surface area (Å²) in [5.74, 6) is -0.265. The van der Waals surface area contributed by atoms with E-state index in [0.29, 0.717) is 5.69 Å². The van der Waals surface area contributed by atoms with Gasteiger partial charge in [-0.2, -0.15) is 0 Å². The summed E-state index contributed by atoms with van der Waals surface area (Å²) in [6.45, 7) is 5.87. The molecule has 0 saturated heterocycles. The Morgan fingerprint density at radius 3 is 2.47 bits per heavy atom. The molecule has 0 aliphatic carbocycles. The summed E-state index contributed by atoms with van der Waals surface area (Å²) in [7, 11) is 1.76. The van der Waals surface area contributed by atoms with Gasteiger partial charge in [-0.25, -0.2) is 9.37 Å². The van der Waals surface area contributed by atoms with E-state index in [1.807, 2.05) is 26.8 Å². The maximum absolute atomic E-state index is 13.6. The number of aryl methyl sites for hydroxylation is 1. The van der Waals surface area contributed by atoms with Gasteiger partial charge in [0.15, 0.2) is 0 Å². The molecule has 17 heavy (non-hydrogen) atoms. The number of imidazole rings is 1. The number of halogens is 1. The van der Waals surface area contributed by atoms with E-state index >= 15 is 0 Å². The fourth-order valence-electron chi connectivity index (χ4n) is 1.42. The zero-order valence-corrected chi connectivity index (χ0v) is 10.7. The maximum atomic E-state index is 13.6. The number of hydrogen-bond acceptors (Lipinski definition) is 2. The van der Waals surface area contributed by atoms with E-state index in [2.05, 4.69) is 10.3 Å². The first kappa shape index (κ1) is 13.2. The van der Waals surface area contributed by atoms with E-state index in [1.54, 1.807) is 30.2 Å². The highest BCUT2D eigenvalue weighted by Crippen LogP contribution is 2.17. The average Bonchev–Trinajstić information content (AvgIpc) is 2.78. The lowest BCUT2D eigenvalue weighted by Gasteiger charge is -2.06. The molecule has 1 N–H and O–H groups in total. The standard InChI is InChI=1S/C11H12FN3.C2H6/c1-8-6-15(7-14-8)11-4-3-9(13-2)5-10(11)12;1-2/h3-7,13H,1-2H3;1-2H3. The van der Waals surface area contributed by atoms with Gasteiger partial charge < -0.3 is 9.88 Å². The van der Waals surface area contributed by atoms with Crippen LogP contribution in [-0.4, -0.2) is 16.6 Å². The Kier molecular flexibility index (Phi) is 4.69. The normalized spacial score (nSPS) is 9.47. The van der Waals surface area contributed by atoms with Gasteiger partial charge in [0.25, 0.3) is 0 Å². The molecule has 0 unspecified atom stereocenters. The van der Waals surface area contributed by atoms with E-state index in [-0.39, 0.29) is 5.82 Å². The van der Waals surface area contributed by atoms with Crippen LogP contribution in [0.15, 0.2) is 30.7 Å². The molecule has 2 rings (SSSR count). The molecule has 3 nitrogen and oxygen atoms in total. The van der Waals surface area contributed by atoms with Crippen molar-refractivity contribution >= 4 is 5.69 Å². The van der Waals surface area contributed by atoms with Gasteiger partial charge in [-0.1, -0.05) is 13.8 Å². The fraction of sp³-hybridized carbons (Fsp3) is 0.308. The Morgan fingerprint density at radius 1 is 1.29 bits per heavy atom. The first-order valence-corrected chi connectivity index (χ1v) is 5.69. The molecule has 2 aromatic rings. The van der Waals surface area contributed by atoms with Crippen LogP contribution in [0.2, 0.25) is 0 Å². The number of benzene rings is 1. The van der Waals surface area contributed by atoms with Crippen LogP contribution in [0.1, 0.15) is 19.5 Å². The zero-order valence-electron chi connectivity index (χ0n) is 10.7. The third kappa shape index (κ3) is 3.06. The van der Waals surface area contributed by atoms with Gasteiger partial charge in [0.05, 0.1) is 17.7 Å². The summed E-state index contributed by atoms with van der Waals surface area (Å²) in [6, 6.07) is 5.01. The zero-order chi connectivity index (χ0) is 12.8. The quantitative estimate of drug-likeness (QED) is 0.864. The van der Waals surface area contributed by atoms with Gasteiger partial charge in [0.2, 0.25) is 0 Å². The van der Waals surface area contributed by atoms with Crippen molar-refractivity contribution in [2.45, 2.75) is 20.8 Å². The van der Waals surface area contributed by atoms with Crippen molar-refractivity contribution in [1.29, 1.82) is 0 Å². The van der Waals surface area contributed by atoms with E-state index in [1.165, 1.54) is 6.07 Å². The Morgan fingerprint density at radius 2 is 2.00 bits per heavy atom. The van der Waals surface area contributed by atoms with Crippen molar-refractivity contribution in [3.63, 3.8) is 0 Å². The number of nitrogens with one attached hydrogen (secondary N) is 1. The van der Waals surface area contributed by atoms with Gasteiger partial charge in [0, 0.05) is 18.9 Å². The lowest BCUT2D eigenvalue weighted by molar-refractivity contribution is 0.618. The summed E-state index contributed by atoms with van der Waals surface area (Å²) in [6.07, 6.45) is 3.39. The molecule has 0 atom stereocenters. The Balaban J connectivity index is 0.000000686. The third-order valence-corrected chi connectivity index (χ3v) is 2.23. The molecule has 0 amide bonds. The number of anilines is 1. The molecular formula is C13H18FN3. The van der Waals surface area contributed by atoms with Crippen molar-refractivity contribution in [3.8, 4) is 5.69 Å². The summed E-state index contributed by atoms with van der Waals surface area (Å²) in [5.41, 5.74) is 2.13. The number of rotatable bonds is 2. The largest absolute Gasteiger partial charge is 0.388 e. The fourth-order valence-corrected chi connectivity index (χ4v) is 1.42. The predicted molar refractivity (Wildman–Crippen MR) is 69.2 cm³/mol. The molecule has 0 aliphatic heterocycles. The molecule has 0 radical (unpaired) electrons. The molecule has 1 heterocycles. The van der Waals surface area contributed by atoms with Gasteiger partial charge in [-0.05, 0) is 25.1 Å². The maximum Gasteiger partial charge on any atom is 0.149 e. The Hall–Kier alpha value is -1.84. The minimum absolute atomic E-state index is 0.265. The van der Waals surface area contributed by atoms with Crippen LogP contribution in [0.4, 0.5) is 10.1 Å². The van der Waals surface area contributed by atoms with Crippen LogP contribution >= 0.6 is 0 Å². The second-order valence-electron chi connectivity index (χ2n) is 3.34. The smallest absolute Gasteiger partial charge is 0.149 e. The SMILES string of the molecule is CC.CNc1ccc(-n2cnc(C)c2)c(F)c1. The molecule has 0 saturated carbocycles. The molecule has 0 fully saturated rings. The molecule has 92 valence electrons. The lowest BCUT2D eigenvalue weighted by atomic mass is 10.2. The average molecular weight is 235 g/mol. The second kappa shape index (κ2) is 6.03. The van der Waals surface area contributed by atoms with E-state index in [9.17, 15) is 4.39 Å². The molecule has 1 aromatic heterocycles. The Bertz CT molecular complexity index is 477. The predicted octanol–water partition coefficient (Wildman–Crippen LogP) is 3.39. The summed E-state index contributed by atoms with van der Waals surface area (Å²) in [4.78, 5) is 4.06. The van der Waals surface area contributed by atoms with Gasteiger partial charge in [-0.15, -0.1) is 0 Å². The van der Waals surface area contributed by atoms with Gasteiger partial charge >= 0.3 is 0 Å². The van der Waals surface area contributed by atoms with Crippen molar-refractivity contribution in [3.05, 3.63) is 42.2 Å². The minimum atomic E-state index is -0.265. The van der Waals surface area contributed by atoms with Gasteiger partial charge in [0.1, 0.15) is 5.82 Å². The highest BCUT2D eigenvalue weighted by atomic mass is 19.1. The lowest BCUT2D eigenvalue weighted by Crippen LogP contribution is -1.96. The van der Waals surface area contributed by atoms with E-state index in [4.69, 9.17) is 0 Å². The number of nitrogens with zero attached hydrogens (tertiary/aromatic N) is 2. The summed E-state index contributed by atoms with van der Waals surface area (Å²) in [5, 5.41) is 2.89. The summed E-state index contributed by atoms with van der Waals surface area (Å²) < 4.78 is 15.3. The molecular weight excluding hydrogens is 217 g/mol. The summed E-state index contributed by atoms with van der Waals surface area (Å²) >= 11 is 0. The van der Waals surface area contributed by atoms with Gasteiger partial charge in [-0.3, -0.25) is 0 Å². The van der Waals surface area contributed by atoms with E-state index in [0.717, 1.165) is 11.4 Å². The van der Waals surface area contributed by atoms with Crippen molar-refractivity contribution < 1.29 is 4.39 Å². The first-order valence-electron chi connectivity index (χ1n) is 5.69. The molecule has 0 bridgehead atoms. The van der Waals surface area contributed by atoms with Crippen LogP contribution in [0.5, 0.6) is 0 Å². The van der Waals surface area contributed by atoms with Crippen molar-refractivity contribution in [2.24, 2.45) is 0 Å². The van der Waals surface area contributed by atoms with Crippen LogP contribution in [-0.2, 0) is 0 Å². The minimum Gasteiger partial charge on any atom is -0.388 e. The highest BCUT2D eigenvalue weighted by molar-refractivity contribution is 5.49. The van der Waals surface area contributed by atoms with Crippen LogP contribution in [0.3, 0.4) is 0 Å². The van der Waals surface area contributed by atoms with E-state index < -0.39 is 0 Å². The second-order valence-corrected chi connectivity index (χ2v) is 3.34. The Labute approximate surface area is 101 Å². The molecule has 0 aliphatic rings. The molecule has 0 spiro atoms. The van der Waals surface area contributed by atoms with Crippen LogP contribution < -0.4 is 5.32 Å². The monoisotopic (exact) mass is 235 g/mol. The highest BCUT2D eigenvalue weighted by Gasteiger charge is 2.05. The number of hydrogen-bond donors (Lipinski definition) is 1. The first-order chi connectivity index (χ1) is 8.20. The van der Waals surface area contributed by atoms with Crippen LogP contribution in [0.25, 0.3) is 5.69 Å². The third-order valence-electron chi connectivity index (χ3n) is 2.23. The topological polar surface area (TPSA) is 29.9 Å². The van der Waals surface area contributed by atoms with Crippen molar-refractivity contribution in [1.82, 2.24) is 9.55 Å². The molecule has 4 heteroatoms. The number of aromatic nitrogens is 2. The van der Waals surface area contributed by atoms with Crippen LogP contribution in [0, 0.1) is 12.7 Å². The molecule has 1 aromatic carbocycles.